The van der Waals surface area contributed by atoms with Crippen LogP contribution in [0.15, 0.2) is 53.4 Å². The molecular weight excluding hydrogens is 404 g/mol. The highest BCUT2D eigenvalue weighted by molar-refractivity contribution is 7.89. The Bertz CT molecular complexity index is 962. The fourth-order valence-corrected chi connectivity index (χ4v) is 3.40. The second-order valence-corrected chi connectivity index (χ2v) is 8.57. The molecule has 0 heterocycles. The van der Waals surface area contributed by atoms with E-state index in [1.807, 2.05) is 0 Å². The Morgan fingerprint density at radius 3 is 2.46 bits per heavy atom. The fraction of sp³-hybridized carbons (Fsp3) is 0.235. The molecule has 0 radical (unpaired) electrons. The zero-order chi connectivity index (χ0) is 20.9. The fourth-order valence-electron chi connectivity index (χ4n) is 2.25. The number of hydrogen-bond acceptors (Lipinski definition) is 6. The Kier molecular flexibility index (Phi) is 7.02. The average molecular weight is 425 g/mol. The number of hydrogen-bond donors (Lipinski definition) is 3. The van der Waals surface area contributed by atoms with Crippen LogP contribution in [0.4, 0.5) is 11.4 Å². The topological polar surface area (TPSA) is 125 Å². The number of nitrogens with zero attached hydrogens (tertiary/aromatic N) is 2. The molecule has 150 valence electrons. The van der Waals surface area contributed by atoms with Crippen molar-refractivity contribution >= 4 is 38.7 Å². The Morgan fingerprint density at radius 2 is 1.89 bits per heavy atom. The number of rotatable bonds is 7. The lowest BCUT2D eigenvalue weighted by Gasteiger charge is -2.16. The summed E-state index contributed by atoms with van der Waals surface area (Å²) in [6, 6.07) is 11.7. The van der Waals surface area contributed by atoms with Crippen molar-refractivity contribution in [1.29, 1.82) is 0 Å². The van der Waals surface area contributed by atoms with E-state index < -0.39 is 21.1 Å². The molecular formula is C17H20N4O5S2. The molecule has 2 rings (SSSR count). The normalized spacial score (nSPS) is 12.4. The number of non-ortho nitro benzene ring substituents is 1. The number of anilines is 1. The molecule has 2 aromatic carbocycles. The van der Waals surface area contributed by atoms with Crippen molar-refractivity contribution in [3.8, 4) is 0 Å². The van der Waals surface area contributed by atoms with E-state index >= 15 is 0 Å². The summed E-state index contributed by atoms with van der Waals surface area (Å²) >= 11 is 5.17. The maximum Gasteiger partial charge on any atom is 0.269 e. The molecule has 0 aromatic heterocycles. The minimum absolute atomic E-state index is 0.0614. The summed E-state index contributed by atoms with van der Waals surface area (Å²) in [5.74, 6) is 0. The molecule has 0 fully saturated rings. The van der Waals surface area contributed by atoms with Crippen molar-refractivity contribution in [3.05, 3.63) is 64.2 Å². The number of nitrogens with one attached hydrogen (secondary N) is 2. The van der Waals surface area contributed by atoms with Crippen LogP contribution < -0.4 is 10.6 Å². The number of aliphatic hydroxyl groups excluding tert-OH is 1. The van der Waals surface area contributed by atoms with Crippen molar-refractivity contribution in [2.45, 2.75) is 11.0 Å². The standard InChI is InChI=1S/C17H20N4O5S2/c1-20(2)28(25,26)15-5-3-4-13(10-15)19-17(27)18-11-16(22)12-6-8-14(9-7-12)21(23)24/h3-10,16,22H,11H2,1-2H3,(H2,18,19,27). The van der Waals surface area contributed by atoms with E-state index in [1.165, 1.54) is 50.5 Å². The maximum absolute atomic E-state index is 12.2. The highest BCUT2D eigenvalue weighted by atomic mass is 32.2. The van der Waals surface area contributed by atoms with E-state index in [0.29, 0.717) is 11.3 Å². The second-order valence-electron chi connectivity index (χ2n) is 6.01. The molecule has 11 heteroatoms. The Morgan fingerprint density at radius 1 is 1.25 bits per heavy atom. The van der Waals surface area contributed by atoms with Crippen molar-refractivity contribution in [1.82, 2.24) is 9.62 Å². The lowest BCUT2D eigenvalue weighted by molar-refractivity contribution is -0.384. The minimum atomic E-state index is -3.56. The largest absolute Gasteiger partial charge is 0.387 e. The zero-order valence-electron chi connectivity index (χ0n) is 15.2. The SMILES string of the molecule is CN(C)S(=O)(=O)c1cccc(NC(=S)NCC(O)c2ccc([N+](=O)[O-])cc2)c1. The Labute approximate surface area is 168 Å². The summed E-state index contributed by atoms with van der Waals surface area (Å²) in [5.41, 5.74) is 0.916. The van der Waals surface area contributed by atoms with Gasteiger partial charge in [-0.2, -0.15) is 0 Å². The first-order chi connectivity index (χ1) is 13.1. The molecule has 0 aliphatic carbocycles. The third-order valence-electron chi connectivity index (χ3n) is 3.82. The summed E-state index contributed by atoms with van der Waals surface area (Å²) in [4.78, 5) is 10.3. The van der Waals surface area contributed by atoms with Crippen molar-refractivity contribution < 1.29 is 18.4 Å². The molecule has 0 aliphatic rings. The van der Waals surface area contributed by atoms with Crippen LogP contribution in [0.2, 0.25) is 0 Å². The lowest BCUT2D eigenvalue weighted by Crippen LogP contribution is -2.32. The van der Waals surface area contributed by atoms with Gasteiger partial charge >= 0.3 is 0 Å². The molecule has 0 aliphatic heterocycles. The van der Waals surface area contributed by atoms with E-state index in [1.54, 1.807) is 12.1 Å². The van der Waals surface area contributed by atoms with Crippen LogP contribution >= 0.6 is 12.2 Å². The number of benzene rings is 2. The summed E-state index contributed by atoms with van der Waals surface area (Å²) in [6.45, 7) is 0.0688. The summed E-state index contributed by atoms with van der Waals surface area (Å²) in [6.07, 6.45) is -0.930. The minimum Gasteiger partial charge on any atom is -0.387 e. The van der Waals surface area contributed by atoms with Gasteiger partial charge in [0.05, 0.1) is 15.9 Å². The number of aliphatic hydroxyl groups is 1. The van der Waals surface area contributed by atoms with Crippen LogP contribution in [0.5, 0.6) is 0 Å². The third-order valence-corrected chi connectivity index (χ3v) is 5.87. The van der Waals surface area contributed by atoms with Gasteiger partial charge < -0.3 is 15.7 Å². The van der Waals surface area contributed by atoms with Crippen molar-refractivity contribution in [2.75, 3.05) is 26.0 Å². The molecule has 0 spiro atoms. The van der Waals surface area contributed by atoms with Crippen molar-refractivity contribution in [2.24, 2.45) is 0 Å². The Hall–Kier alpha value is -2.60. The van der Waals surface area contributed by atoms with Gasteiger partial charge in [0.2, 0.25) is 10.0 Å². The van der Waals surface area contributed by atoms with E-state index in [0.717, 1.165) is 4.31 Å². The van der Waals surface area contributed by atoms with E-state index in [4.69, 9.17) is 12.2 Å². The highest BCUT2D eigenvalue weighted by Gasteiger charge is 2.17. The first-order valence-corrected chi connectivity index (χ1v) is 9.96. The summed E-state index contributed by atoms with van der Waals surface area (Å²) < 4.78 is 25.5. The predicted octanol–water partition coefficient (Wildman–Crippen LogP) is 1.87. The average Bonchev–Trinajstić information content (AvgIpc) is 2.66. The number of nitro benzene ring substituents is 1. The van der Waals surface area contributed by atoms with Crippen molar-refractivity contribution in [3.63, 3.8) is 0 Å². The smallest absolute Gasteiger partial charge is 0.269 e. The van der Waals surface area contributed by atoms with Crippen LogP contribution in [0.25, 0.3) is 0 Å². The highest BCUT2D eigenvalue weighted by Crippen LogP contribution is 2.19. The van der Waals surface area contributed by atoms with Crippen LogP contribution in [-0.4, -0.2) is 48.5 Å². The molecule has 1 unspecified atom stereocenters. The summed E-state index contributed by atoms with van der Waals surface area (Å²) in [5, 5.41) is 26.7. The molecule has 0 bridgehead atoms. The van der Waals surface area contributed by atoms with Crippen LogP contribution in [0, 0.1) is 10.1 Å². The second kappa shape index (κ2) is 9.06. The number of nitro groups is 1. The van der Waals surface area contributed by atoms with Crippen LogP contribution in [0.1, 0.15) is 11.7 Å². The molecule has 0 saturated carbocycles. The number of thiocarbonyl (C=S) groups is 1. The van der Waals surface area contributed by atoms with Gasteiger partial charge in [0, 0.05) is 38.5 Å². The molecule has 0 saturated heterocycles. The van der Waals surface area contributed by atoms with Crippen LogP contribution in [0.3, 0.4) is 0 Å². The van der Waals surface area contributed by atoms with E-state index in [2.05, 4.69) is 10.6 Å². The first-order valence-electron chi connectivity index (χ1n) is 8.11. The van der Waals surface area contributed by atoms with Gasteiger partial charge in [0.25, 0.3) is 5.69 Å². The van der Waals surface area contributed by atoms with Crippen LogP contribution in [-0.2, 0) is 10.0 Å². The predicted molar refractivity (Wildman–Crippen MR) is 110 cm³/mol. The summed E-state index contributed by atoms with van der Waals surface area (Å²) in [7, 11) is -0.674. The van der Waals surface area contributed by atoms with Gasteiger partial charge in [-0.15, -0.1) is 0 Å². The molecule has 1 atom stereocenters. The van der Waals surface area contributed by atoms with Gasteiger partial charge in [-0.3, -0.25) is 10.1 Å². The molecule has 2 aromatic rings. The van der Waals surface area contributed by atoms with Gasteiger partial charge in [-0.25, -0.2) is 12.7 Å². The van der Waals surface area contributed by atoms with Gasteiger partial charge in [0.1, 0.15) is 0 Å². The monoisotopic (exact) mass is 424 g/mol. The molecule has 9 nitrogen and oxygen atoms in total. The number of sulfonamides is 1. The maximum atomic E-state index is 12.2. The van der Waals surface area contributed by atoms with E-state index in [9.17, 15) is 23.6 Å². The molecule has 0 amide bonds. The molecule has 3 N–H and O–H groups in total. The zero-order valence-corrected chi connectivity index (χ0v) is 16.8. The van der Waals surface area contributed by atoms with Gasteiger partial charge in [-0.05, 0) is 48.1 Å². The lowest BCUT2D eigenvalue weighted by atomic mass is 10.1. The van der Waals surface area contributed by atoms with Gasteiger partial charge in [0.15, 0.2) is 5.11 Å². The van der Waals surface area contributed by atoms with E-state index in [-0.39, 0.29) is 22.2 Å². The Balaban J connectivity index is 1.96. The third kappa shape index (κ3) is 5.45. The first kappa shape index (κ1) is 21.7. The molecule has 28 heavy (non-hydrogen) atoms. The quantitative estimate of drug-likeness (QED) is 0.349. The van der Waals surface area contributed by atoms with Gasteiger partial charge in [-0.1, -0.05) is 6.07 Å².